The largest absolute Gasteiger partial charge is 0.325 e. The number of sulfone groups is 1. The highest BCUT2D eigenvalue weighted by molar-refractivity contribution is 9.10. The fourth-order valence-corrected chi connectivity index (χ4v) is 7.00. The Bertz CT molecular complexity index is 1170. The minimum absolute atomic E-state index is 0.0645. The number of nitrogens with one attached hydrogen (secondary N) is 1. The van der Waals surface area contributed by atoms with Crippen molar-refractivity contribution in [3.63, 3.8) is 0 Å². The summed E-state index contributed by atoms with van der Waals surface area (Å²) in [5.74, 6) is -0.757. The predicted molar refractivity (Wildman–Crippen MR) is 127 cm³/mol. The number of benzene rings is 2. The molecule has 0 saturated carbocycles. The van der Waals surface area contributed by atoms with E-state index in [0.29, 0.717) is 9.64 Å². The first kappa shape index (κ1) is 22.3. The summed E-state index contributed by atoms with van der Waals surface area (Å²) in [5.41, 5.74) is 2.97. The van der Waals surface area contributed by atoms with Gasteiger partial charge in [-0.15, -0.1) is 0 Å². The van der Waals surface area contributed by atoms with E-state index in [2.05, 4.69) is 26.2 Å². The molecular weight excluding hydrogens is 505 g/mol. The van der Waals surface area contributed by atoms with E-state index in [-0.39, 0.29) is 28.9 Å². The number of rotatable bonds is 4. The van der Waals surface area contributed by atoms with E-state index < -0.39 is 27.7 Å². The molecule has 6 nitrogen and oxygen atoms in total. The number of hydrogen-bond acceptors (Lipinski definition) is 6. The van der Waals surface area contributed by atoms with Gasteiger partial charge >= 0.3 is 0 Å². The van der Waals surface area contributed by atoms with Gasteiger partial charge in [0.05, 0.1) is 35.0 Å². The zero-order chi connectivity index (χ0) is 22.3. The second-order valence-corrected chi connectivity index (χ2v) is 11.7. The van der Waals surface area contributed by atoms with Crippen molar-refractivity contribution in [2.45, 2.75) is 25.9 Å². The van der Waals surface area contributed by atoms with Gasteiger partial charge in [-0.05, 0) is 43.2 Å². The number of carbonyl (C=O) groups is 1. The summed E-state index contributed by atoms with van der Waals surface area (Å²) >= 11 is 4.43. The van der Waals surface area contributed by atoms with Gasteiger partial charge in [0.1, 0.15) is 5.82 Å². The number of hydrogen-bond donors (Lipinski definition) is 1. The summed E-state index contributed by atoms with van der Waals surface area (Å²) in [6.45, 7) is 3.85. The summed E-state index contributed by atoms with van der Waals surface area (Å²) in [4.78, 5) is 18.8. The molecule has 0 bridgehead atoms. The predicted octanol–water partition coefficient (Wildman–Crippen LogP) is 3.92. The lowest BCUT2D eigenvalue weighted by Gasteiger charge is -2.26. The second kappa shape index (κ2) is 8.55. The number of aryl methyl sites for hydroxylation is 2. The average molecular weight is 526 g/mol. The van der Waals surface area contributed by atoms with Gasteiger partial charge in [0.2, 0.25) is 5.91 Å². The number of fused-ring (bicyclic) bond motifs is 1. The summed E-state index contributed by atoms with van der Waals surface area (Å²) in [6, 6.07) is 9.49. The van der Waals surface area contributed by atoms with E-state index in [1.165, 1.54) is 17.8 Å². The van der Waals surface area contributed by atoms with E-state index >= 15 is 0 Å². The Balaban J connectivity index is 1.55. The van der Waals surface area contributed by atoms with Gasteiger partial charge in [0.15, 0.2) is 15.0 Å². The van der Waals surface area contributed by atoms with Crippen LogP contribution in [0, 0.1) is 19.7 Å². The van der Waals surface area contributed by atoms with Crippen LogP contribution < -0.4 is 10.2 Å². The molecule has 2 aromatic carbocycles. The minimum Gasteiger partial charge on any atom is -0.325 e. The first-order valence-corrected chi connectivity index (χ1v) is 13.3. The van der Waals surface area contributed by atoms with E-state index in [0.717, 1.165) is 16.8 Å². The summed E-state index contributed by atoms with van der Waals surface area (Å²) in [5, 5.41) is 3.39. The number of amides is 1. The minimum atomic E-state index is -3.24. The number of anilines is 2. The number of para-hydroxylation sites is 1. The van der Waals surface area contributed by atoms with Crippen molar-refractivity contribution in [1.82, 2.24) is 0 Å². The van der Waals surface area contributed by atoms with Crippen LogP contribution in [0.5, 0.6) is 0 Å². The molecule has 10 heteroatoms. The van der Waals surface area contributed by atoms with Crippen LogP contribution in [0.1, 0.15) is 11.1 Å². The molecule has 1 amide bonds. The number of amidine groups is 1. The fourth-order valence-electron chi connectivity index (χ4n) is 3.91. The molecule has 1 fully saturated rings. The number of nitrogens with zero attached hydrogens (tertiary/aromatic N) is 2. The molecule has 164 valence electrons. The molecule has 4 rings (SSSR count). The highest BCUT2D eigenvalue weighted by atomic mass is 79.9. The smallest absolute Gasteiger partial charge is 0.234 e. The number of aliphatic imine (C=N–C) groups is 1. The van der Waals surface area contributed by atoms with Crippen molar-refractivity contribution < 1.29 is 17.6 Å². The van der Waals surface area contributed by atoms with Crippen LogP contribution in [0.3, 0.4) is 0 Å². The Morgan fingerprint density at radius 1 is 1.26 bits per heavy atom. The van der Waals surface area contributed by atoms with E-state index in [1.54, 1.807) is 17.0 Å². The average Bonchev–Trinajstić information content (AvgIpc) is 3.15. The first-order valence-electron chi connectivity index (χ1n) is 9.66. The molecule has 2 aromatic rings. The lowest BCUT2D eigenvalue weighted by atomic mass is 10.1. The van der Waals surface area contributed by atoms with Crippen molar-refractivity contribution in [2.75, 3.05) is 27.5 Å². The SMILES string of the molecule is Cc1cccc(C)c1NC(=O)CSC1=N[C@@H]2CS(=O)(=O)C[C@@H]2N1c1ccc(Br)cc1F. The molecule has 31 heavy (non-hydrogen) atoms. The maximum Gasteiger partial charge on any atom is 0.234 e. The molecule has 0 spiro atoms. The number of halogens is 2. The first-order chi connectivity index (χ1) is 14.6. The normalized spacial score (nSPS) is 21.7. The molecule has 0 unspecified atom stereocenters. The summed E-state index contributed by atoms with van der Waals surface area (Å²) in [6.07, 6.45) is 0. The molecule has 2 heterocycles. The molecule has 0 aliphatic carbocycles. The quantitative estimate of drug-likeness (QED) is 0.654. The zero-order valence-corrected chi connectivity index (χ0v) is 20.2. The number of thioether (sulfide) groups is 1. The lowest BCUT2D eigenvalue weighted by Crippen LogP contribution is -2.40. The maximum atomic E-state index is 14.7. The van der Waals surface area contributed by atoms with Crippen LogP contribution in [-0.4, -0.2) is 48.8 Å². The zero-order valence-electron chi connectivity index (χ0n) is 16.9. The fraction of sp³-hybridized carbons (Fsp3) is 0.333. The van der Waals surface area contributed by atoms with Gasteiger partial charge in [0, 0.05) is 10.2 Å². The monoisotopic (exact) mass is 525 g/mol. The summed E-state index contributed by atoms with van der Waals surface area (Å²) in [7, 11) is -3.24. The molecule has 0 radical (unpaired) electrons. The Hall–Kier alpha value is -1.91. The Morgan fingerprint density at radius 2 is 1.97 bits per heavy atom. The Labute approximate surface area is 193 Å². The van der Waals surface area contributed by atoms with Crippen molar-refractivity contribution in [1.29, 1.82) is 0 Å². The van der Waals surface area contributed by atoms with Crippen molar-refractivity contribution in [3.05, 3.63) is 57.8 Å². The highest BCUT2D eigenvalue weighted by Gasteiger charge is 2.47. The van der Waals surface area contributed by atoms with Crippen LogP contribution in [0.4, 0.5) is 15.8 Å². The van der Waals surface area contributed by atoms with Gasteiger partial charge < -0.3 is 10.2 Å². The van der Waals surface area contributed by atoms with E-state index in [1.807, 2.05) is 32.0 Å². The van der Waals surface area contributed by atoms with Crippen LogP contribution in [-0.2, 0) is 14.6 Å². The molecule has 1 saturated heterocycles. The molecule has 2 aliphatic heterocycles. The van der Waals surface area contributed by atoms with Crippen LogP contribution in [0.2, 0.25) is 0 Å². The molecule has 1 N–H and O–H groups in total. The van der Waals surface area contributed by atoms with Crippen molar-refractivity contribution >= 4 is 60.0 Å². The maximum absolute atomic E-state index is 14.7. The van der Waals surface area contributed by atoms with Gasteiger partial charge in [-0.25, -0.2) is 12.8 Å². The third kappa shape index (κ3) is 4.65. The molecule has 2 atom stereocenters. The van der Waals surface area contributed by atoms with Crippen LogP contribution >= 0.6 is 27.7 Å². The van der Waals surface area contributed by atoms with Gasteiger partial charge in [-0.3, -0.25) is 9.79 Å². The Morgan fingerprint density at radius 3 is 2.65 bits per heavy atom. The number of carbonyl (C=O) groups excluding carboxylic acids is 1. The molecular formula is C21H21BrFN3O3S2. The highest BCUT2D eigenvalue weighted by Crippen LogP contribution is 2.37. The second-order valence-electron chi connectivity index (χ2n) is 7.69. The molecule has 0 aromatic heterocycles. The Kier molecular flexibility index (Phi) is 6.15. The topological polar surface area (TPSA) is 78.8 Å². The van der Waals surface area contributed by atoms with Gasteiger partial charge in [-0.1, -0.05) is 45.9 Å². The third-order valence-corrected chi connectivity index (χ3v) is 8.51. The standard InChI is InChI=1S/C21H21BrFN3O3S2/c1-12-4-3-5-13(2)20(12)25-19(27)9-30-21-24-16-10-31(28,29)11-18(16)26(21)17-7-6-14(22)8-15(17)23/h3-8,16,18H,9-11H2,1-2H3,(H,25,27)/t16-,18+/m1/s1. The lowest BCUT2D eigenvalue weighted by molar-refractivity contribution is -0.113. The van der Waals surface area contributed by atoms with E-state index in [9.17, 15) is 17.6 Å². The van der Waals surface area contributed by atoms with E-state index in [4.69, 9.17) is 0 Å². The van der Waals surface area contributed by atoms with Gasteiger partial charge in [-0.2, -0.15) is 0 Å². The van der Waals surface area contributed by atoms with Crippen LogP contribution in [0.15, 0.2) is 45.9 Å². The van der Waals surface area contributed by atoms with Crippen LogP contribution in [0.25, 0.3) is 0 Å². The third-order valence-electron chi connectivity index (χ3n) is 5.35. The molecule has 2 aliphatic rings. The summed E-state index contributed by atoms with van der Waals surface area (Å²) < 4.78 is 39.6. The van der Waals surface area contributed by atoms with Crippen molar-refractivity contribution in [2.24, 2.45) is 4.99 Å². The van der Waals surface area contributed by atoms with Crippen molar-refractivity contribution in [3.8, 4) is 0 Å². The van der Waals surface area contributed by atoms with Gasteiger partial charge in [0.25, 0.3) is 0 Å².